The van der Waals surface area contributed by atoms with E-state index in [-0.39, 0.29) is 5.60 Å². The van der Waals surface area contributed by atoms with Gasteiger partial charge in [-0.15, -0.1) is 0 Å². The second-order valence-electron chi connectivity index (χ2n) is 6.42. The van der Waals surface area contributed by atoms with E-state index in [1.54, 1.807) is 0 Å². The van der Waals surface area contributed by atoms with Crippen LogP contribution in [0.25, 0.3) is 0 Å². The summed E-state index contributed by atoms with van der Waals surface area (Å²) in [6.07, 6.45) is 0. The maximum Gasteiger partial charge on any atom is 0.0902 e. The number of hydrogen-bond acceptors (Lipinski definition) is 3. The summed E-state index contributed by atoms with van der Waals surface area (Å²) in [4.78, 5) is 2.38. The Hall–Kier alpha value is -0.120. The minimum absolute atomic E-state index is 0.0891. The summed E-state index contributed by atoms with van der Waals surface area (Å²) in [6.45, 7) is 15.1. The molecule has 1 aliphatic rings. The molecule has 0 spiro atoms. The van der Waals surface area contributed by atoms with Gasteiger partial charge in [0.2, 0.25) is 0 Å². The molecule has 1 fully saturated rings. The standard InChI is InChI=1S/C13H28N2O/c1-11(12(2,3)4)15(6)7-8-16-13(5)9-14-10-13/h11,14H,7-10H2,1-6H3. The zero-order chi connectivity index (χ0) is 12.4. The molecule has 0 radical (unpaired) electrons. The smallest absolute Gasteiger partial charge is 0.0902 e. The summed E-state index contributed by atoms with van der Waals surface area (Å²) < 4.78 is 5.89. The molecule has 0 aromatic rings. The van der Waals surface area contributed by atoms with E-state index in [1.165, 1.54) is 0 Å². The van der Waals surface area contributed by atoms with Gasteiger partial charge in [-0.25, -0.2) is 0 Å². The average molecular weight is 228 g/mol. The van der Waals surface area contributed by atoms with E-state index in [0.717, 1.165) is 26.2 Å². The molecule has 16 heavy (non-hydrogen) atoms. The van der Waals surface area contributed by atoms with Gasteiger partial charge in [-0.05, 0) is 26.3 Å². The Morgan fingerprint density at radius 1 is 1.38 bits per heavy atom. The van der Waals surface area contributed by atoms with E-state index in [0.29, 0.717) is 11.5 Å². The topological polar surface area (TPSA) is 24.5 Å². The zero-order valence-corrected chi connectivity index (χ0v) is 11.8. The molecule has 1 atom stereocenters. The number of likely N-dealkylation sites (N-methyl/N-ethyl adjacent to an activating group) is 1. The predicted molar refractivity (Wildman–Crippen MR) is 68.8 cm³/mol. The number of hydrogen-bond donors (Lipinski definition) is 1. The lowest BCUT2D eigenvalue weighted by Gasteiger charge is -2.40. The Balaban J connectivity index is 2.22. The Bertz CT molecular complexity index is 218. The molecule has 3 nitrogen and oxygen atoms in total. The maximum atomic E-state index is 5.89. The summed E-state index contributed by atoms with van der Waals surface area (Å²) in [5.41, 5.74) is 0.419. The van der Waals surface area contributed by atoms with E-state index in [9.17, 15) is 0 Å². The van der Waals surface area contributed by atoms with Crippen LogP contribution in [0.4, 0.5) is 0 Å². The fraction of sp³-hybridized carbons (Fsp3) is 1.00. The van der Waals surface area contributed by atoms with Crippen LogP contribution in [0.2, 0.25) is 0 Å². The van der Waals surface area contributed by atoms with Gasteiger partial charge >= 0.3 is 0 Å². The van der Waals surface area contributed by atoms with Crippen LogP contribution in [0.5, 0.6) is 0 Å². The molecule has 0 saturated carbocycles. The third kappa shape index (κ3) is 3.72. The molecule has 1 rings (SSSR count). The summed E-state index contributed by atoms with van der Waals surface area (Å²) in [5.74, 6) is 0. The van der Waals surface area contributed by atoms with Crippen LogP contribution < -0.4 is 5.32 Å². The molecule has 1 unspecified atom stereocenters. The Labute approximate surface area is 101 Å². The van der Waals surface area contributed by atoms with E-state index >= 15 is 0 Å². The van der Waals surface area contributed by atoms with Gasteiger partial charge in [0.25, 0.3) is 0 Å². The molecular weight excluding hydrogens is 200 g/mol. The van der Waals surface area contributed by atoms with Gasteiger partial charge in [-0.3, -0.25) is 0 Å². The lowest BCUT2D eigenvalue weighted by Crippen LogP contribution is -2.59. The quantitative estimate of drug-likeness (QED) is 0.775. The maximum absolute atomic E-state index is 5.89. The van der Waals surface area contributed by atoms with Crippen molar-refractivity contribution in [1.82, 2.24) is 10.2 Å². The van der Waals surface area contributed by atoms with Crippen LogP contribution >= 0.6 is 0 Å². The normalized spacial score (nSPS) is 21.9. The first-order chi connectivity index (χ1) is 7.25. The van der Waals surface area contributed by atoms with Crippen molar-refractivity contribution >= 4 is 0 Å². The van der Waals surface area contributed by atoms with E-state index in [2.05, 4.69) is 51.9 Å². The molecule has 96 valence electrons. The van der Waals surface area contributed by atoms with Crippen molar-refractivity contribution in [2.45, 2.75) is 46.3 Å². The van der Waals surface area contributed by atoms with Crippen LogP contribution in [0.1, 0.15) is 34.6 Å². The molecule has 0 amide bonds. The lowest BCUT2D eigenvalue weighted by atomic mass is 9.87. The van der Waals surface area contributed by atoms with Crippen molar-refractivity contribution in [3.8, 4) is 0 Å². The highest BCUT2D eigenvalue weighted by atomic mass is 16.5. The van der Waals surface area contributed by atoms with Crippen molar-refractivity contribution in [1.29, 1.82) is 0 Å². The lowest BCUT2D eigenvalue weighted by molar-refractivity contribution is -0.0746. The highest BCUT2D eigenvalue weighted by Crippen LogP contribution is 2.23. The minimum Gasteiger partial charge on any atom is -0.371 e. The molecule has 1 saturated heterocycles. The van der Waals surface area contributed by atoms with E-state index in [1.807, 2.05) is 0 Å². The Morgan fingerprint density at radius 3 is 2.31 bits per heavy atom. The summed E-state index contributed by atoms with van der Waals surface area (Å²) in [7, 11) is 2.18. The van der Waals surface area contributed by atoms with Gasteiger partial charge < -0.3 is 15.0 Å². The predicted octanol–water partition coefficient (Wildman–Crippen LogP) is 1.73. The first-order valence-corrected chi connectivity index (χ1v) is 6.29. The van der Waals surface area contributed by atoms with Gasteiger partial charge in [-0.2, -0.15) is 0 Å². The van der Waals surface area contributed by atoms with Crippen LogP contribution in [0.15, 0.2) is 0 Å². The largest absolute Gasteiger partial charge is 0.371 e. The zero-order valence-electron chi connectivity index (χ0n) is 11.8. The van der Waals surface area contributed by atoms with Crippen molar-refractivity contribution in [2.75, 3.05) is 33.3 Å². The molecule has 0 aromatic heterocycles. The first kappa shape index (κ1) is 13.9. The number of nitrogens with one attached hydrogen (secondary N) is 1. The van der Waals surface area contributed by atoms with Crippen molar-refractivity contribution in [2.24, 2.45) is 5.41 Å². The van der Waals surface area contributed by atoms with Gasteiger partial charge in [0, 0.05) is 25.7 Å². The van der Waals surface area contributed by atoms with Crippen LogP contribution in [0, 0.1) is 5.41 Å². The van der Waals surface area contributed by atoms with Gasteiger partial charge in [0.15, 0.2) is 0 Å². The fourth-order valence-corrected chi connectivity index (χ4v) is 1.87. The molecule has 0 aliphatic carbocycles. The summed E-state index contributed by atoms with van der Waals surface area (Å²) in [6, 6.07) is 0.573. The van der Waals surface area contributed by atoms with Crippen LogP contribution in [-0.4, -0.2) is 49.8 Å². The van der Waals surface area contributed by atoms with E-state index in [4.69, 9.17) is 4.74 Å². The number of rotatable bonds is 5. The van der Waals surface area contributed by atoms with Crippen molar-refractivity contribution < 1.29 is 4.74 Å². The molecule has 1 N–H and O–H groups in total. The summed E-state index contributed by atoms with van der Waals surface area (Å²) in [5, 5.41) is 3.25. The van der Waals surface area contributed by atoms with Gasteiger partial charge in [0.05, 0.1) is 12.2 Å². The minimum atomic E-state index is 0.0891. The second-order valence-corrected chi connectivity index (χ2v) is 6.42. The van der Waals surface area contributed by atoms with Crippen LogP contribution in [0.3, 0.4) is 0 Å². The Morgan fingerprint density at radius 2 is 1.94 bits per heavy atom. The van der Waals surface area contributed by atoms with Gasteiger partial charge in [0.1, 0.15) is 0 Å². The highest BCUT2D eigenvalue weighted by molar-refractivity contribution is 4.90. The molecule has 0 aromatic carbocycles. The molecule has 1 heterocycles. The van der Waals surface area contributed by atoms with Gasteiger partial charge in [-0.1, -0.05) is 20.8 Å². The number of nitrogens with zero attached hydrogens (tertiary/aromatic N) is 1. The van der Waals surface area contributed by atoms with E-state index < -0.39 is 0 Å². The van der Waals surface area contributed by atoms with Crippen molar-refractivity contribution in [3.63, 3.8) is 0 Å². The molecule has 0 bridgehead atoms. The first-order valence-electron chi connectivity index (χ1n) is 6.29. The number of ether oxygens (including phenoxy) is 1. The highest BCUT2D eigenvalue weighted by Gasteiger charge is 2.32. The average Bonchev–Trinajstić information content (AvgIpc) is 2.12. The molecule has 1 aliphatic heterocycles. The second kappa shape index (κ2) is 5.03. The summed E-state index contributed by atoms with van der Waals surface area (Å²) >= 11 is 0. The molecule has 3 heteroatoms. The third-order valence-electron chi connectivity index (χ3n) is 3.81. The molecular formula is C13H28N2O. The fourth-order valence-electron chi connectivity index (χ4n) is 1.87. The van der Waals surface area contributed by atoms with Crippen LogP contribution in [-0.2, 0) is 4.74 Å². The Kier molecular flexibility index (Phi) is 4.38. The van der Waals surface area contributed by atoms with Crippen molar-refractivity contribution in [3.05, 3.63) is 0 Å². The monoisotopic (exact) mass is 228 g/mol. The third-order valence-corrected chi connectivity index (χ3v) is 3.81. The SMILES string of the molecule is CC(N(C)CCOC1(C)CNC1)C(C)(C)C.